The van der Waals surface area contributed by atoms with Gasteiger partial charge >= 0.3 is 0 Å². The first-order chi connectivity index (χ1) is 10.1. The molecule has 2 fully saturated rings. The third kappa shape index (κ3) is 2.87. The normalized spacial score (nSPS) is 23.1. The molecule has 0 bridgehead atoms. The monoisotopic (exact) mass is 292 g/mol. The lowest BCUT2D eigenvalue weighted by molar-refractivity contribution is -0.134. The first-order valence-corrected chi connectivity index (χ1v) is 7.10. The van der Waals surface area contributed by atoms with Crippen molar-refractivity contribution in [3.05, 3.63) is 23.8 Å². The third-order valence-electron chi connectivity index (χ3n) is 3.91. The molecule has 0 spiro atoms. The van der Waals surface area contributed by atoms with Crippen LogP contribution in [0.15, 0.2) is 12.3 Å². The largest absolute Gasteiger partial charge is 0.365 e. The van der Waals surface area contributed by atoms with Crippen molar-refractivity contribution >= 4 is 17.5 Å². The number of pyridine rings is 1. The highest BCUT2D eigenvalue weighted by Crippen LogP contribution is 2.27. The van der Waals surface area contributed by atoms with Crippen LogP contribution in [0.4, 0.5) is 10.1 Å². The van der Waals surface area contributed by atoms with E-state index in [2.05, 4.69) is 15.6 Å². The van der Waals surface area contributed by atoms with Crippen molar-refractivity contribution in [2.45, 2.75) is 18.8 Å². The Bertz CT molecular complexity index is 572. The lowest BCUT2D eigenvalue weighted by Crippen LogP contribution is -2.44. The van der Waals surface area contributed by atoms with Crippen molar-refractivity contribution in [3.63, 3.8) is 0 Å². The molecule has 2 saturated heterocycles. The molecular weight excluding hydrogens is 275 g/mol. The minimum absolute atomic E-state index is 0.263. The molecule has 1 aromatic heterocycles. The number of amides is 2. The first kappa shape index (κ1) is 13.9. The van der Waals surface area contributed by atoms with Crippen LogP contribution in [-0.2, 0) is 9.59 Å². The van der Waals surface area contributed by atoms with Gasteiger partial charge in [-0.3, -0.25) is 19.9 Å². The van der Waals surface area contributed by atoms with Gasteiger partial charge in [-0.2, -0.15) is 0 Å². The lowest BCUT2D eigenvalue weighted by Gasteiger charge is -2.29. The molecule has 2 aliphatic rings. The molecule has 1 aromatic rings. The van der Waals surface area contributed by atoms with E-state index in [4.69, 9.17) is 0 Å². The summed E-state index contributed by atoms with van der Waals surface area (Å²) in [7, 11) is 0. The van der Waals surface area contributed by atoms with Crippen molar-refractivity contribution < 1.29 is 14.0 Å². The van der Waals surface area contributed by atoms with Gasteiger partial charge < -0.3 is 10.2 Å². The van der Waals surface area contributed by atoms with Gasteiger partial charge in [0.2, 0.25) is 11.8 Å². The number of rotatable bonds is 2. The van der Waals surface area contributed by atoms with E-state index in [1.165, 1.54) is 12.3 Å². The second-order valence-electron chi connectivity index (χ2n) is 5.30. The second kappa shape index (κ2) is 5.77. The molecule has 2 aliphatic heterocycles. The van der Waals surface area contributed by atoms with Crippen LogP contribution < -0.4 is 15.5 Å². The summed E-state index contributed by atoms with van der Waals surface area (Å²) in [6, 6.07) is 1.32. The Morgan fingerprint density at radius 2 is 2.05 bits per heavy atom. The standard InChI is InChI=1S/C14H17FN4O2/c15-10-7-11(9-1-2-13(20)18-14(9)21)17-8-12(10)19-5-3-16-4-6-19/h7-9,16H,1-6H2,(H,18,20,21). The molecule has 0 aromatic carbocycles. The number of hydrogen-bond acceptors (Lipinski definition) is 5. The molecule has 1 atom stereocenters. The SMILES string of the molecule is O=C1CCC(c2cc(F)c(N3CCNCC3)cn2)C(=O)N1. The molecule has 3 rings (SSSR count). The van der Waals surface area contributed by atoms with Crippen LogP contribution in [0.25, 0.3) is 0 Å². The number of carbonyl (C=O) groups excluding carboxylic acids is 2. The van der Waals surface area contributed by atoms with E-state index in [1.807, 2.05) is 4.90 Å². The molecule has 0 radical (unpaired) electrons. The predicted octanol–water partition coefficient (Wildman–Crippen LogP) is 0.150. The van der Waals surface area contributed by atoms with Crippen molar-refractivity contribution in [3.8, 4) is 0 Å². The molecule has 6 nitrogen and oxygen atoms in total. The molecule has 0 aliphatic carbocycles. The Labute approximate surface area is 121 Å². The van der Waals surface area contributed by atoms with E-state index >= 15 is 0 Å². The molecule has 21 heavy (non-hydrogen) atoms. The van der Waals surface area contributed by atoms with E-state index in [9.17, 15) is 14.0 Å². The number of aromatic nitrogens is 1. The van der Waals surface area contributed by atoms with Crippen LogP contribution in [-0.4, -0.2) is 43.0 Å². The Morgan fingerprint density at radius 1 is 1.29 bits per heavy atom. The Morgan fingerprint density at radius 3 is 2.71 bits per heavy atom. The van der Waals surface area contributed by atoms with Gasteiger partial charge in [0, 0.05) is 32.6 Å². The van der Waals surface area contributed by atoms with Crippen LogP contribution in [0.1, 0.15) is 24.5 Å². The summed E-state index contributed by atoms with van der Waals surface area (Å²) in [5, 5.41) is 5.47. The number of piperidine rings is 1. The van der Waals surface area contributed by atoms with Crippen molar-refractivity contribution in [2.75, 3.05) is 31.1 Å². The number of piperazine rings is 1. The number of imide groups is 1. The maximum Gasteiger partial charge on any atom is 0.235 e. The van der Waals surface area contributed by atoms with Crippen LogP contribution in [0.5, 0.6) is 0 Å². The molecule has 112 valence electrons. The van der Waals surface area contributed by atoms with Crippen molar-refractivity contribution in [1.82, 2.24) is 15.6 Å². The molecule has 7 heteroatoms. The van der Waals surface area contributed by atoms with Gasteiger partial charge in [0.15, 0.2) is 0 Å². The molecule has 2 amide bonds. The average molecular weight is 292 g/mol. The topological polar surface area (TPSA) is 74.3 Å². The Kier molecular flexibility index (Phi) is 3.83. The van der Waals surface area contributed by atoms with Gasteiger partial charge in [-0.15, -0.1) is 0 Å². The summed E-state index contributed by atoms with van der Waals surface area (Å²) in [6.45, 7) is 3.09. The van der Waals surface area contributed by atoms with Gasteiger partial charge in [-0.25, -0.2) is 4.39 Å². The van der Waals surface area contributed by atoms with Gasteiger partial charge in [-0.1, -0.05) is 0 Å². The minimum atomic E-state index is -0.547. The summed E-state index contributed by atoms with van der Waals surface area (Å²) in [5.41, 5.74) is 0.851. The molecule has 2 N–H and O–H groups in total. The van der Waals surface area contributed by atoms with Crippen LogP contribution in [0.3, 0.4) is 0 Å². The predicted molar refractivity (Wildman–Crippen MR) is 74.4 cm³/mol. The summed E-state index contributed by atoms with van der Waals surface area (Å²) >= 11 is 0. The van der Waals surface area contributed by atoms with Gasteiger partial charge in [0.05, 0.1) is 23.5 Å². The molecular formula is C14H17FN4O2. The van der Waals surface area contributed by atoms with Crippen molar-refractivity contribution in [1.29, 1.82) is 0 Å². The first-order valence-electron chi connectivity index (χ1n) is 7.10. The van der Waals surface area contributed by atoms with E-state index in [-0.39, 0.29) is 18.1 Å². The molecule has 0 saturated carbocycles. The number of carbonyl (C=O) groups is 2. The lowest BCUT2D eigenvalue weighted by atomic mass is 9.94. The summed E-state index contributed by atoms with van der Waals surface area (Å²) in [4.78, 5) is 29.1. The minimum Gasteiger partial charge on any atom is -0.365 e. The van der Waals surface area contributed by atoms with Crippen molar-refractivity contribution in [2.24, 2.45) is 0 Å². The number of nitrogens with zero attached hydrogens (tertiary/aromatic N) is 2. The fraction of sp³-hybridized carbons (Fsp3) is 0.500. The average Bonchev–Trinajstić information content (AvgIpc) is 2.48. The fourth-order valence-corrected chi connectivity index (χ4v) is 2.74. The fourth-order valence-electron chi connectivity index (χ4n) is 2.74. The summed E-state index contributed by atoms with van der Waals surface area (Å²) in [5.74, 6) is -1.59. The smallest absolute Gasteiger partial charge is 0.235 e. The zero-order chi connectivity index (χ0) is 14.8. The second-order valence-corrected chi connectivity index (χ2v) is 5.30. The van der Waals surface area contributed by atoms with E-state index in [0.29, 0.717) is 17.8 Å². The number of hydrogen-bond donors (Lipinski definition) is 2. The highest BCUT2D eigenvalue weighted by molar-refractivity contribution is 6.00. The highest BCUT2D eigenvalue weighted by atomic mass is 19.1. The Hall–Kier alpha value is -2.02. The highest BCUT2D eigenvalue weighted by Gasteiger charge is 2.29. The maximum absolute atomic E-state index is 14.3. The van der Waals surface area contributed by atoms with Gasteiger partial charge in [-0.05, 0) is 12.5 Å². The number of anilines is 1. The molecule has 3 heterocycles. The van der Waals surface area contributed by atoms with Gasteiger partial charge in [0.1, 0.15) is 5.82 Å². The van der Waals surface area contributed by atoms with Crippen LogP contribution in [0, 0.1) is 5.82 Å². The third-order valence-corrected chi connectivity index (χ3v) is 3.91. The van der Waals surface area contributed by atoms with Crippen LogP contribution in [0.2, 0.25) is 0 Å². The number of nitrogens with one attached hydrogen (secondary N) is 2. The summed E-state index contributed by atoms with van der Waals surface area (Å²) in [6.07, 6.45) is 2.13. The zero-order valence-corrected chi connectivity index (χ0v) is 11.6. The maximum atomic E-state index is 14.3. The quantitative estimate of drug-likeness (QED) is 0.759. The van der Waals surface area contributed by atoms with E-state index in [0.717, 1.165) is 26.2 Å². The summed E-state index contributed by atoms with van der Waals surface area (Å²) < 4.78 is 14.3. The molecule has 1 unspecified atom stereocenters. The Balaban J connectivity index is 1.80. The van der Waals surface area contributed by atoms with E-state index < -0.39 is 11.8 Å². The van der Waals surface area contributed by atoms with E-state index in [1.54, 1.807) is 0 Å². The zero-order valence-electron chi connectivity index (χ0n) is 11.6. The van der Waals surface area contributed by atoms with Gasteiger partial charge in [0.25, 0.3) is 0 Å². The van der Waals surface area contributed by atoms with Crippen LogP contribution >= 0.6 is 0 Å². The number of halogens is 1.